The number of halogens is 4. The molecule has 0 aliphatic heterocycles. The summed E-state index contributed by atoms with van der Waals surface area (Å²) in [6, 6.07) is 8.58. The van der Waals surface area contributed by atoms with E-state index in [1.165, 1.54) is 36.4 Å². The van der Waals surface area contributed by atoms with E-state index in [1.807, 2.05) is 6.92 Å². The van der Waals surface area contributed by atoms with Gasteiger partial charge in [0, 0.05) is 17.9 Å². The molecule has 1 fully saturated rings. The van der Waals surface area contributed by atoms with Crippen LogP contribution in [0.15, 0.2) is 36.4 Å². The second kappa shape index (κ2) is 9.71. The highest BCUT2D eigenvalue weighted by molar-refractivity contribution is 5.76. The van der Waals surface area contributed by atoms with Crippen molar-refractivity contribution >= 4 is 5.97 Å². The van der Waals surface area contributed by atoms with E-state index in [-0.39, 0.29) is 23.7 Å². The number of carbonyl (C=O) groups is 1. The van der Waals surface area contributed by atoms with Crippen LogP contribution in [0.25, 0.3) is 11.1 Å². The molecule has 2 atom stereocenters. The molecule has 2 aromatic rings. The normalized spacial score (nSPS) is 20.3. The molecular weight excluding hydrogens is 412 g/mol. The Morgan fingerprint density at radius 1 is 1.03 bits per heavy atom. The first-order chi connectivity index (χ1) is 14.8. The van der Waals surface area contributed by atoms with Crippen LogP contribution in [-0.4, -0.2) is 18.5 Å². The fourth-order valence-electron chi connectivity index (χ4n) is 4.04. The molecule has 0 bridgehead atoms. The average Bonchev–Trinajstić information content (AvgIpc) is 2.74. The monoisotopic (exact) mass is 438 g/mol. The van der Waals surface area contributed by atoms with E-state index >= 15 is 0 Å². The van der Waals surface area contributed by atoms with Crippen LogP contribution in [0.5, 0.6) is 11.5 Å². The Labute approximate surface area is 179 Å². The minimum absolute atomic E-state index is 0.0349. The minimum Gasteiger partial charge on any atom is -0.491 e. The summed E-state index contributed by atoms with van der Waals surface area (Å²) in [5.74, 6) is -7.24. The summed E-state index contributed by atoms with van der Waals surface area (Å²) in [6.07, 6.45) is 1.28. The molecule has 0 spiro atoms. The zero-order valence-electron chi connectivity index (χ0n) is 17.6. The molecule has 0 amide bonds. The van der Waals surface area contributed by atoms with Gasteiger partial charge in [-0.1, -0.05) is 25.5 Å². The summed E-state index contributed by atoms with van der Waals surface area (Å²) in [5, 5.41) is 0. The highest BCUT2D eigenvalue weighted by Gasteiger charge is 2.46. The molecule has 0 N–H and O–H groups in total. The predicted octanol–water partition coefficient (Wildman–Crippen LogP) is 6.79. The van der Waals surface area contributed by atoms with Gasteiger partial charge < -0.3 is 9.47 Å². The SMILES string of the molecule is CCCC1CCC(C(=O)Oc2ccc(-c3ccc(OCC)c(F)c3F)cc2)CC1(F)F. The smallest absolute Gasteiger partial charge is 0.314 e. The van der Waals surface area contributed by atoms with Gasteiger partial charge in [0.25, 0.3) is 5.92 Å². The van der Waals surface area contributed by atoms with Gasteiger partial charge in [0.05, 0.1) is 12.5 Å². The van der Waals surface area contributed by atoms with Crippen molar-refractivity contribution in [2.24, 2.45) is 11.8 Å². The molecular formula is C24H26F4O3. The van der Waals surface area contributed by atoms with Crippen LogP contribution < -0.4 is 9.47 Å². The molecule has 0 heterocycles. The van der Waals surface area contributed by atoms with Crippen LogP contribution in [0.3, 0.4) is 0 Å². The number of hydrogen-bond acceptors (Lipinski definition) is 3. The van der Waals surface area contributed by atoms with Crippen LogP contribution >= 0.6 is 0 Å². The molecule has 0 aromatic heterocycles. The number of carbonyl (C=O) groups excluding carboxylic acids is 1. The zero-order valence-corrected chi connectivity index (χ0v) is 17.6. The van der Waals surface area contributed by atoms with Gasteiger partial charge in [0.15, 0.2) is 11.6 Å². The molecule has 168 valence electrons. The fraction of sp³-hybridized carbons (Fsp3) is 0.458. The zero-order chi connectivity index (χ0) is 22.6. The Morgan fingerprint density at radius 2 is 1.74 bits per heavy atom. The molecule has 0 radical (unpaired) electrons. The number of hydrogen-bond donors (Lipinski definition) is 0. The van der Waals surface area contributed by atoms with E-state index in [0.29, 0.717) is 31.2 Å². The lowest BCUT2D eigenvalue weighted by atomic mass is 9.77. The first-order valence-corrected chi connectivity index (χ1v) is 10.6. The van der Waals surface area contributed by atoms with Gasteiger partial charge in [0.2, 0.25) is 5.82 Å². The van der Waals surface area contributed by atoms with E-state index in [9.17, 15) is 22.4 Å². The molecule has 1 aliphatic rings. The quantitative estimate of drug-likeness (QED) is 0.271. The maximum atomic E-state index is 14.4. The molecule has 2 unspecified atom stereocenters. The van der Waals surface area contributed by atoms with Gasteiger partial charge in [-0.05, 0) is 56.0 Å². The molecule has 7 heteroatoms. The molecule has 1 aliphatic carbocycles. The van der Waals surface area contributed by atoms with Crippen LogP contribution in [0.2, 0.25) is 0 Å². The average molecular weight is 438 g/mol. The Hall–Kier alpha value is -2.57. The number of rotatable bonds is 7. The summed E-state index contributed by atoms with van der Waals surface area (Å²) >= 11 is 0. The summed E-state index contributed by atoms with van der Waals surface area (Å²) < 4.78 is 67.4. The molecule has 3 nitrogen and oxygen atoms in total. The lowest BCUT2D eigenvalue weighted by Crippen LogP contribution is -2.39. The topological polar surface area (TPSA) is 35.5 Å². The third-order valence-corrected chi connectivity index (χ3v) is 5.68. The van der Waals surface area contributed by atoms with Crippen molar-refractivity contribution in [1.82, 2.24) is 0 Å². The third kappa shape index (κ3) is 5.20. The maximum Gasteiger partial charge on any atom is 0.314 e. The van der Waals surface area contributed by atoms with Crippen molar-refractivity contribution in [3.63, 3.8) is 0 Å². The first-order valence-electron chi connectivity index (χ1n) is 10.6. The van der Waals surface area contributed by atoms with Crippen LogP contribution in [0.4, 0.5) is 17.6 Å². The van der Waals surface area contributed by atoms with Crippen molar-refractivity contribution in [3.8, 4) is 22.6 Å². The van der Waals surface area contributed by atoms with Gasteiger partial charge in [-0.25, -0.2) is 13.2 Å². The van der Waals surface area contributed by atoms with Gasteiger partial charge in [-0.15, -0.1) is 0 Å². The van der Waals surface area contributed by atoms with E-state index in [1.54, 1.807) is 6.92 Å². The summed E-state index contributed by atoms with van der Waals surface area (Å²) in [6.45, 7) is 3.75. The molecule has 1 saturated carbocycles. The second-order valence-electron chi connectivity index (χ2n) is 7.84. The summed E-state index contributed by atoms with van der Waals surface area (Å²) in [7, 11) is 0. The Kier molecular flexibility index (Phi) is 7.23. The standard InChI is InChI=1S/C24H26F4O3/c1-3-5-17-9-6-16(14-24(17,27)28)23(29)31-18-10-7-15(8-11-18)19-12-13-20(30-4-2)22(26)21(19)25/h7-8,10-13,16-17H,3-6,9,14H2,1-2H3. The van der Waals surface area contributed by atoms with Crippen molar-refractivity contribution in [1.29, 1.82) is 0 Å². The Bertz CT molecular complexity index is 912. The number of benzene rings is 2. The second-order valence-corrected chi connectivity index (χ2v) is 7.84. The fourth-order valence-corrected chi connectivity index (χ4v) is 4.04. The molecule has 31 heavy (non-hydrogen) atoms. The summed E-state index contributed by atoms with van der Waals surface area (Å²) in [4.78, 5) is 12.4. The summed E-state index contributed by atoms with van der Waals surface area (Å²) in [5.41, 5.74) is 0.415. The predicted molar refractivity (Wildman–Crippen MR) is 109 cm³/mol. The maximum absolute atomic E-state index is 14.4. The van der Waals surface area contributed by atoms with E-state index in [2.05, 4.69) is 0 Å². The number of alkyl halides is 2. The number of ether oxygens (including phenoxy) is 2. The van der Waals surface area contributed by atoms with Gasteiger partial charge in [-0.3, -0.25) is 4.79 Å². The highest BCUT2D eigenvalue weighted by atomic mass is 19.3. The largest absolute Gasteiger partial charge is 0.491 e. The minimum atomic E-state index is -2.88. The molecule has 0 saturated heterocycles. The van der Waals surface area contributed by atoms with Crippen molar-refractivity contribution in [3.05, 3.63) is 48.0 Å². The van der Waals surface area contributed by atoms with Crippen LogP contribution in [-0.2, 0) is 4.79 Å². The van der Waals surface area contributed by atoms with Crippen LogP contribution in [0, 0.1) is 23.5 Å². The van der Waals surface area contributed by atoms with Crippen molar-refractivity contribution in [2.75, 3.05) is 6.61 Å². The van der Waals surface area contributed by atoms with Crippen LogP contribution in [0.1, 0.15) is 46.0 Å². The van der Waals surface area contributed by atoms with E-state index in [0.717, 1.165) is 0 Å². The van der Waals surface area contributed by atoms with E-state index in [4.69, 9.17) is 9.47 Å². The Morgan fingerprint density at radius 3 is 2.35 bits per heavy atom. The molecule has 3 rings (SSSR count). The third-order valence-electron chi connectivity index (χ3n) is 5.68. The van der Waals surface area contributed by atoms with E-state index < -0.39 is 41.8 Å². The van der Waals surface area contributed by atoms with Gasteiger partial charge in [0.1, 0.15) is 5.75 Å². The van der Waals surface area contributed by atoms with Gasteiger partial charge in [-0.2, -0.15) is 4.39 Å². The highest BCUT2D eigenvalue weighted by Crippen LogP contribution is 2.44. The Balaban J connectivity index is 1.67. The molecule has 2 aromatic carbocycles. The lowest BCUT2D eigenvalue weighted by molar-refractivity contribution is -0.152. The van der Waals surface area contributed by atoms with Crippen molar-refractivity contribution < 1.29 is 31.8 Å². The number of esters is 1. The lowest BCUT2D eigenvalue weighted by Gasteiger charge is -2.34. The first kappa shape index (κ1) is 23.1. The van der Waals surface area contributed by atoms with Crippen molar-refractivity contribution in [2.45, 2.75) is 51.9 Å². The van der Waals surface area contributed by atoms with Gasteiger partial charge >= 0.3 is 5.97 Å².